The van der Waals surface area contributed by atoms with Crippen LogP contribution in [0.2, 0.25) is 5.02 Å². The van der Waals surface area contributed by atoms with E-state index < -0.39 is 45.3 Å². The normalized spacial score (nSPS) is 14.9. The van der Waals surface area contributed by atoms with E-state index in [0.717, 1.165) is 61.6 Å². The van der Waals surface area contributed by atoms with Crippen LogP contribution in [0.15, 0.2) is 72.8 Å². The molecule has 1 saturated carbocycles. The number of nitrogens with one attached hydrogen (secondary N) is 1. The number of hydrogen-bond donors (Lipinski definition) is 1. The van der Waals surface area contributed by atoms with Crippen molar-refractivity contribution in [3.63, 3.8) is 0 Å². The molecule has 0 heterocycles. The van der Waals surface area contributed by atoms with E-state index in [1.165, 1.54) is 4.90 Å². The molecule has 0 bridgehead atoms. The highest BCUT2D eigenvalue weighted by Gasteiger charge is 2.37. The van der Waals surface area contributed by atoms with Crippen molar-refractivity contribution in [3.05, 3.63) is 100 Å². The molecule has 0 unspecified atom stereocenters. The van der Waals surface area contributed by atoms with Crippen molar-refractivity contribution in [3.8, 4) is 0 Å². The van der Waals surface area contributed by atoms with E-state index in [9.17, 15) is 31.2 Å². The van der Waals surface area contributed by atoms with Crippen LogP contribution in [-0.4, -0.2) is 50.0 Å². The molecule has 1 aliphatic rings. The van der Waals surface area contributed by atoms with Gasteiger partial charge < -0.3 is 10.2 Å². The third-order valence-electron chi connectivity index (χ3n) is 7.88. The Morgan fingerprint density at radius 3 is 2.24 bits per heavy atom. The number of aryl methyl sites for hydroxylation is 1. The van der Waals surface area contributed by atoms with Gasteiger partial charge in [0.25, 0.3) is 0 Å². The van der Waals surface area contributed by atoms with Gasteiger partial charge in [0.05, 0.1) is 22.5 Å². The summed E-state index contributed by atoms with van der Waals surface area (Å²) in [6, 6.07) is 18.1. The van der Waals surface area contributed by atoms with Gasteiger partial charge in [-0.3, -0.25) is 13.9 Å². The minimum absolute atomic E-state index is 0.0257. The van der Waals surface area contributed by atoms with E-state index in [0.29, 0.717) is 15.9 Å². The first kappa shape index (κ1) is 34.3. The summed E-state index contributed by atoms with van der Waals surface area (Å²) in [4.78, 5) is 29.6. The zero-order chi connectivity index (χ0) is 32.8. The van der Waals surface area contributed by atoms with Crippen molar-refractivity contribution in [2.24, 2.45) is 0 Å². The van der Waals surface area contributed by atoms with Crippen LogP contribution in [0.5, 0.6) is 0 Å². The number of nitrogens with zero attached hydrogens (tertiary/aromatic N) is 2. The first-order valence-corrected chi connectivity index (χ1v) is 17.0. The molecule has 3 aromatic carbocycles. The molecule has 0 saturated heterocycles. The Labute approximate surface area is 267 Å². The number of rotatable bonds is 11. The molecular weight excluding hydrogens is 627 g/mol. The predicted octanol–water partition coefficient (Wildman–Crippen LogP) is 6.52. The standard InChI is InChI=1S/C33H37ClF3N3O4S/c1-23-10-9-13-25(18-23)21-39(30(19-24-11-5-3-6-12-24)32(42)38-26-14-7-4-8-15-26)31(41)22-40(45(2,43)44)27-16-17-29(34)28(20-27)33(35,36)37/h3,5-6,9-13,16-18,20,26,30H,4,7-8,14-15,19,21-22H2,1-2H3,(H,38,42)/t30-/m0/s1. The van der Waals surface area contributed by atoms with Gasteiger partial charge in [-0.25, -0.2) is 8.42 Å². The lowest BCUT2D eigenvalue weighted by atomic mass is 9.94. The lowest BCUT2D eigenvalue weighted by Crippen LogP contribution is -2.55. The third kappa shape index (κ3) is 9.46. The summed E-state index contributed by atoms with van der Waals surface area (Å²) in [6.07, 6.45) is 0.773. The summed E-state index contributed by atoms with van der Waals surface area (Å²) < 4.78 is 67.6. The van der Waals surface area contributed by atoms with Gasteiger partial charge in [0.2, 0.25) is 21.8 Å². The molecular formula is C33H37ClF3N3O4S. The fourth-order valence-electron chi connectivity index (χ4n) is 5.60. The van der Waals surface area contributed by atoms with Crippen LogP contribution in [0.25, 0.3) is 0 Å². The summed E-state index contributed by atoms with van der Waals surface area (Å²) in [5.74, 6) is -1.12. The molecule has 2 amide bonds. The third-order valence-corrected chi connectivity index (χ3v) is 9.35. The average molecular weight is 664 g/mol. The number of hydrogen-bond acceptors (Lipinski definition) is 4. The summed E-state index contributed by atoms with van der Waals surface area (Å²) in [5.41, 5.74) is 0.821. The van der Waals surface area contributed by atoms with Gasteiger partial charge in [-0.1, -0.05) is 91.0 Å². The molecule has 12 heteroatoms. The van der Waals surface area contributed by atoms with E-state index in [1.807, 2.05) is 55.5 Å². The summed E-state index contributed by atoms with van der Waals surface area (Å²) in [7, 11) is -4.25. The first-order valence-electron chi connectivity index (χ1n) is 14.8. The van der Waals surface area contributed by atoms with Crippen molar-refractivity contribution < 1.29 is 31.2 Å². The SMILES string of the molecule is Cc1cccc(CN(C(=O)CN(c2ccc(Cl)c(C(F)(F)F)c2)S(C)(=O)=O)[C@@H](Cc2ccccc2)C(=O)NC2CCCCC2)c1. The van der Waals surface area contributed by atoms with Crippen LogP contribution in [0.3, 0.4) is 0 Å². The molecule has 1 fully saturated rings. The highest BCUT2D eigenvalue weighted by Crippen LogP contribution is 2.37. The van der Waals surface area contributed by atoms with Crippen molar-refractivity contribution >= 4 is 39.1 Å². The van der Waals surface area contributed by atoms with Crippen molar-refractivity contribution in [2.45, 2.75) is 70.3 Å². The number of anilines is 1. The van der Waals surface area contributed by atoms with E-state index in [4.69, 9.17) is 11.6 Å². The van der Waals surface area contributed by atoms with Crippen LogP contribution in [0, 0.1) is 6.92 Å². The van der Waals surface area contributed by atoms with Gasteiger partial charge in [-0.05, 0) is 49.1 Å². The first-order chi connectivity index (χ1) is 21.2. The Bertz CT molecular complexity index is 1600. The number of benzene rings is 3. The van der Waals surface area contributed by atoms with Crippen LogP contribution < -0.4 is 9.62 Å². The molecule has 0 spiro atoms. The molecule has 7 nitrogen and oxygen atoms in total. The van der Waals surface area contributed by atoms with E-state index in [2.05, 4.69) is 5.32 Å². The number of sulfonamides is 1. The van der Waals surface area contributed by atoms with Gasteiger partial charge in [0, 0.05) is 19.0 Å². The highest BCUT2D eigenvalue weighted by molar-refractivity contribution is 7.92. The number of amides is 2. The maximum atomic E-state index is 14.2. The lowest BCUT2D eigenvalue weighted by Gasteiger charge is -2.35. The lowest BCUT2D eigenvalue weighted by molar-refractivity contribution is -0.140. The quantitative estimate of drug-likeness (QED) is 0.253. The molecule has 45 heavy (non-hydrogen) atoms. The van der Waals surface area contributed by atoms with Gasteiger partial charge in [0.15, 0.2) is 0 Å². The zero-order valence-electron chi connectivity index (χ0n) is 25.2. The summed E-state index contributed by atoms with van der Waals surface area (Å²) in [6.45, 7) is 1.03. The minimum Gasteiger partial charge on any atom is -0.352 e. The monoisotopic (exact) mass is 663 g/mol. The number of carbonyl (C=O) groups is 2. The number of halogens is 4. The molecule has 4 rings (SSSR count). The molecule has 1 atom stereocenters. The Balaban J connectivity index is 1.76. The Morgan fingerprint density at radius 2 is 1.62 bits per heavy atom. The Kier molecular flexibility index (Phi) is 11.2. The van der Waals surface area contributed by atoms with Crippen molar-refractivity contribution in [2.75, 3.05) is 17.1 Å². The predicted molar refractivity (Wildman–Crippen MR) is 169 cm³/mol. The average Bonchev–Trinajstić information content (AvgIpc) is 2.98. The van der Waals surface area contributed by atoms with Crippen LogP contribution in [0.1, 0.15) is 54.4 Å². The van der Waals surface area contributed by atoms with Crippen LogP contribution in [0.4, 0.5) is 18.9 Å². The molecule has 242 valence electrons. The van der Waals surface area contributed by atoms with Crippen LogP contribution >= 0.6 is 11.6 Å². The Hall–Kier alpha value is -3.57. The van der Waals surface area contributed by atoms with Gasteiger partial charge >= 0.3 is 6.18 Å². The smallest absolute Gasteiger partial charge is 0.352 e. The second kappa shape index (κ2) is 14.7. The second-order valence-corrected chi connectivity index (χ2v) is 13.8. The minimum atomic E-state index is -4.85. The Morgan fingerprint density at radius 1 is 0.956 bits per heavy atom. The molecule has 0 aliphatic heterocycles. The molecule has 0 radical (unpaired) electrons. The maximum Gasteiger partial charge on any atom is 0.417 e. The highest BCUT2D eigenvalue weighted by atomic mass is 35.5. The van der Waals surface area contributed by atoms with Crippen molar-refractivity contribution in [1.82, 2.24) is 10.2 Å². The van der Waals surface area contributed by atoms with Crippen LogP contribution in [-0.2, 0) is 38.8 Å². The van der Waals surface area contributed by atoms with E-state index in [1.54, 1.807) is 6.07 Å². The topological polar surface area (TPSA) is 86.8 Å². The fraction of sp³-hybridized carbons (Fsp3) is 0.394. The van der Waals surface area contributed by atoms with E-state index >= 15 is 0 Å². The second-order valence-electron chi connectivity index (χ2n) is 11.5. The van der Waals surface area contributed by atoms with Gasteiger partial charge in [-0.2, -0.15) is 13.2 Å². The zero-order valence-corrected chi connectivity index (χ0v) is 26.8. The number of alkyl halides is 3. The van der Waals surface area contributed by atoms with Crippen molar-refractivity contribution in [1.29, 1.82) is 0 Å². The summed E-state index contributed by atoms with van der Waals surface area (Å²) >= 11 is 5.78. The molecule has 3 aromatic rings. The molecule has 1 N–H and O–H groups in total. The maximum absolute atomic E-state index is 14.2. The fourth-order valence-corrected chi connectivity index (χ4v) is 6.67. The largest absolute Gasteiger partial charge is 0.417 e. The molecule has 0 aromatic heterocycles. The van der Waals surface area contributed by atoms with Gasteiger partial charge in [-0.15, -0.1) is 0 Å². The number of carbonyl (C=O) groups excluding carboxylic acids is 2. The van der Waals surface area contributed by atoms with Gasteiger partial charge in [0.1, 0.15) is 12.6 Å². The summed E-state index contributed by atoms with van der Waals surface area (Å²) in [5, 5.41) is 2.51. The van der Waals surface area contributed by atoms with E-state index in [-0.39, 0.29) is 30.6 Å². The molecule has 1 aliphatic carbocycles.